The van der Waals surface area contributed by atoms with Crippen molar-refractivity contribution in [2.75, 3.05) is 24.3 Å². The van der Waals surface area contributed by atoms with E-state index in [4.69, 9.17) is 11.6 Å². The molecule has 1 N–H and O–H groups in total. The fourth-order valence-corrected chi connectivity index (χ4v) is 4.15. The van der Waals surface area contributed by atoms with E-state index in [1.807, 2.05) is 60.8 Å². The molecule has 4 aromatic rings. The van der Waals surface area contributed by atoms with Crippen LogP contribution in [0, 0.1) is 0 Å². The van der Waals surface area contributed by atoms with E-state index in [1.165, 1.54) is 22.2 Å². The van der Waals surface area contributed by atoms with Gasteiger partial charge in [0.05, 0.1) is 11.7 Å². The lowest BCUT2D eigenvalue weighted by Crippen LogP contribution is -2.27. The number of hydrogen-bond donors (Lipinski definition) is 1. The van der Waals surface area contributed by atoms with Crippen LogP contribution in [0.2, 0.25) is 5.02 Å². The Kier molecular flexibility index (Phi) is 5.57. The summed E-state index contributed by atoms with van der Waals surface area (Å²) in [6.45, 7) is -0.118. The van der Waals surface area contributed by atoms with Gasteiger partial charge in [0, 0.05) is 41.4 Å². The third kappa shape index (κ3) is 4.08. The molecule has 0 spiro atoms. The number of aromatic nitrogens is 2. The van der Waals surface area contributed by atoms with Crippen LogP contribution >= 0.6 is 22.9 Å². The van der Waals surface area contributed by atoms with Gasteiger partial charge in [-0.1, -0.05) is 23.7 Å². The van der Waals surface area contributed by atoms with Gasteiger partial charge in [-0.25, -0.2) is 4.98 Å². The zero-order chi connectivity index (χ0) is 21.3. The molecular formula is C22H19ClN4O2S. The van der Waals surface area contributed by atoms with Crippen molar-refractivity contribution in [1.29, 1.82) is 0 Å². The van der Waals surface area contributed by atoms with Gasteiger partial charge in [-0.2, -0.15) is 0 Å². The van der Waals surface area contributed by atoms with E-state index < -0.39 is 0 Å². The lowest BCUT2D eigenvalue weighted by atomic mass is 10.1. The molecule has 2 aromatic heterocycles. The normalized spacial score (nSPS) is 10.9. The first-order chi connectivity index (χ1) is 14.4. The maximum atomic E-state index is 13.1. The molecule has 0 aliphatic rings. The average molecular weight is 439 g/mol. The summed E-state index contributed by atoms with van der Waals surface area (Å²) in [7, 11) is 3.90. The minimum absolute atomic E-state index is 0.118. The molecule has 0 bridgehead atoms. The lowest BCUT2D eigenvalue weighted by molar-refractivity contribution is -0.116. The van der Waals surface area contributed by atoms with E-state index >= 15 is 0 Å². The molecule has 0 aliphatic heterocycles. The van der Waals surface area contributed by atoms with Gasteiger partial charge in [0.1, 0.15) is 11.4 Å². The fourth-order valence-electron chi connectivity index (χ4n) is 3.12. The first kappa shape index (κ1) is 20.1. The van der Waals surface area contributed by atoms with E-state index in [9.17, 15) is 9.59 Å². The molecule has 0 aliphatic carbocycles. The highest BCUT2D eigenvalue weighted by molar-refractivity contribution is 7.17. The lowest BCUT2D eigenvalue weighted by Gasteiger charge is -2.13. The predicted octanol–water partition coefficient (Wildman–Crippen LogP) is 4.48. The number of anilines is 2. The molecular weight excluding hydrogens is 420 g/mol. The third-order valence-corrected chi connectivity index (χ3v) is 5.84. The zero-order valence-electron chi connectivity index (χ0n) is 16.4. The van der Waals surface area contributed by atoms with Crippen molar-refractivity contribution in [1.82, 2.24) is 9.55 Å². The molecule has 8 heteroatoms. The minimum Gasteiger partial charge on any atom is -0.378 e. The van der Waals surface area contributed by atoms with Gasteiger partial charge in [0.15, 0.2) is 0 Å². The molecule has 0 fully saturated rings. The zero-order valence-corrected chi connectivity index (χ0v) is 18.0. The number of rotatable bonds is 5. The second kappa shape index (κ2) is 8.30. The molecule has 4 rings (SSSR count). The van der Waals surface area contributed by atoms with Crippen molar-refractivity contribution in [3.05, 3.63) is 75.6 Å². The highest BCUT2D eigenvalue weighted by atomic mass is 35.5. The minimum atomic E-state index is -0.292. The van der Waals surface area contributed by atoms with Crippen molar-refractivity contribution in [2.45, 2.75) is 6.54 Å². The summed E-state index contributed by atoms with van der Waals surface area (Å²) < 4.78 is 1.33. The van der Waals surface area contributed by atoms with Gasteiger partial charge in [0.2, 0.25) is 5.91 Å². The SMILES string of the molecule is CN(C)c1ccc(NC(=O)Cn2cnc3scc(-c4ccc(Cl)cc4)c3c2=O)cc1. The quantitative estimate of drug-likeness (QED) is 0.498. The summed E-state index contributed by atoms with van der Waals surface area (Å²) in [5.74, 6) is -0.292. The van der Waals surface area contributed by atoms with Crippen molar-refractivity contribution in [3.8, 4) is 11.1 Å². The Morgan fingerprint density at radius 2 is 1.83 bits per heavy atom. The Morgan fingerprint density at radius 1 is 1.13 bits per heavy atom. The van der Waals surface area contributed by atoms with E-state index in [0.717, 1.165) is 16.8 Å². The molecule has 6 nitrogen and oxygen atoms in total. The van der Waals surface area contributed by atoms with Crippen molar-refractivity contribution in [3.63, 3.8) is 0 Å². The summed E-state index contributed by atoms with van der Waals surface area (Å²) in [6, 6.07) is 14.8. The number of thiophene rings is 1. The Bertz CT molecular complexity index is 1260. The van der Waals surface area contributed by atoms with Crippen LogP contribution in [0.4, 0.5) is 11.4 Å². The monoisotopic (exact) mass is 438 g/mol. The number of benzene rings is 2. The highest BCUT2D eigenvalue weighted by Crippen LogP contribution is 2.31. The van der Waals surface area contributed by atoms with Crippen LogP contribution in [0.5, 0.6) is 0 Å². The molecule has 0 atom stereocenters. The van der Waals surface area contributed by atoms with Gasteiger partial charge in [0.25, 0.3) is 5.56 Å². The van der Waals surface area contributed by atoms with Crippen LogP contribution in [0.1, 0.15) is 0 Å². The molecule has 0 unspecified atom stereocenters. The smallest absolute Gasteiger partial charge is 0.263 e. The molecule has 0 saturated carbocycles. The second-order valence-corrected chi connectivity index (χ2v) is 8.30. The van der Waals surface area contributed by atoms with E-state index in [-0.39, 0.29) is 18.0 Å². The van der Waals surface area contributed by atoms with E-state index in [0.29, 0.717) is 20.9 Å². The predicted molar refractivity (Wildman–Crippen MR) is 124 cm³/mol. The van der Waals surface area contributed by atoms with Gasteiger partial charge in [-0.15, -0.1) is 11.3 Å². The van der Waals surface area contributed by atoms with Crippen LogP contribution < -0.4 is 15.8 Å². The van der Waals surface area contributed by atoms with E-state index in [1.54, 1.807) is 12.1 Å². The first-order valence-electron chi connectivity index (χ1n) is 9.22. The first-order valence-corrected chi connectivity index (χ1v) is 10.5. The Morgan fingerprint density at radius 3 is 2.50 bits per heavy atom. The van der Waals surface area contributed by atoms with E-state index in [2.05, 4.69) is 10.3 Å². The Labute approximate surface area is 182 Å². The molecule has 0 radical (unpaired) electrons. The molecule has 0 saturated heterocycles. The van der Waals surface area contributed by atoms with Gasteiger partial charge in [-0.3, -0.25) is 14.2 Å². The fraction of sp³-hybridized carbons (Fsp3) is 0.136. The topological polar surface area (TPSA) is 67.2 Å². The number of nitrogens with one attached hydrogen (secondary N) is 1. The number of carbonyl (C=O) groups is 1. The Balaban J connectivity index is 1.59. The molecule has 152 valence electrons. The second-order valence-electron chi connectivity index (χ2n) is 7.00. The highest BCUT2D eigenvalue weighted by Gasteiger charge is 2.15. The molecule has 1 amide bonds. The summed E-state index contributed by atoms with van der Waals surface area (Å²) in [5.41, 5.74) is 3.13. The van der Waals surface area contributed by atoms with Crippen LogP contribution in [-0.4, -0.2) is 29.6 Å². The molecule has 2 heterocycles. The molecule has 2 aromatic carbocycles. The van der Waals surface area contributed by atoms with Gasteiger partial charge < -0.3 is 10.2 Å². The number of fused-ring (bicyclic) bond motifs is 1. The Hall–Kier alpha value is -3.16. The largest absolute Gasteiger partial charge is 0.378 e. The summed E-state index contributed by atoms with van der Waals surface area (Å²) in [5, 5.41) is 5.86. The van der Waals surface area contributed by atoms with Gasteiger partial charge >= 0.3 is 0 Å². The number of hydrogen-bond acceptors (Lipinski definition) is 5. The van der Waals surface area contributed by atoms with Crippen LogP contribution in [0.25, 0.3) is 21.3 Å². The van der Waals surface area contributed by atoms with Crippen molar-refractivity contribution < 1.29 is 4.79 Å². The average Bonchev–Trinajstić information content (AvgIpc) is 3.16. The number of halogens is 1. The summed E-state index contributed by atoms with van der Waals surface area (Å²) in [6.07, 6.45) is 1.42. The van der Waals surface area contributed by atoms with Crippen molar-refractivity contribution >= 4 is 50.4 Å². The van der Waals surface area contributed by atoms with Crippen LogP contribution in [-0.2, 0) is 11.3 Å². The maximum absolute atomic E-state index is 13.1. The van der Waals surface area contributed by atoms with Crippen LogP contribution in [0.15, 0.2) is 65.0 Å². The van der Waals surface area contributed by atoms with Crippen LogP contribution in [0.3, 0.4) is 0 Å². The van der Waals surface area contributed by atoms with Crippen molar-refractivity contribution in [2.24, 2.45) is 0 Å². The number of amides is 1. The summed E-state index contributed by atoms with van der Waals surface area (Å²) >= 11 is 7.37. The number of carbonyl (C=O) groups excluding carboxylic acids is 1. The summed E-state index contributed by atoms with van der Waals surface area (Å²) in [4.78, 5) is 32.6. The standard InChI is InChI=1S/C22H19ClN4O2S/c1-26(2)17-9-7-16(8-10-17)25-19(28)11-27-13-24-21-20(22(27)29)18(12-30-21)14-3-5-15(23)6-4-14/h3-10,12-13H,11H2,1-2H3,(H,25,28). The number of nitrogens with zero attached hydrogens (tertiary/aromatic N) is 3. The third-order valence-electron chi connectivity index (χ3n) is 4.70. The maximum Gasteiger partial charge on any atom is 0.263 e. The molecule has 30 heavy (non-hydrogen) atoms. The van der Waals surface area contributed by atoms with Gasteiger partial charge in [-0.05, 0) is 42.0 Å².